The lowest BCUT2D eigenvalue weighted by Crippen LogP contribution is -2.55. The summed E-state index contributed by atoms with van der Waals surface area (Å²) in [5, 5.41) is 3.65. The van der Waals surface area contributed by atoms with Crippen LogP contribution in [0.1, 0.15) is 50.1 Å². The number of hydrogen-bond acceptors (Lipinski definition) is 1. The van der Waals surface area contributed by atoms with E-state index in [0.29, 0.717) is 11.5 Å². The zero-order chi connectivity index (χ0) is 10.8. The van der Waals surface area contributed by atoms with Gasteiger partial charge >= 0.3 is 0 Å². The van der Waals surface area contributed by atoms with Crippen molar-refractivity contribution < 1.29 is 0 Å². The van der Waals surface area contributed by atoms with E-state index in [-0.39, 0.29) is 0 Å². The Kier molecular flexibility index (Phi) is 2.72. The summed E-state index contributed by atoms with van der Waals surface area (Å²) in [6.45, 7) is 1.24. The van der Waals surface area contributed by atoms with Gasteiger partial charge in [0, 0.05) is 18.0 Å². The van der Waals surface area contributed by atoms with E-state index in [4.69, 9.17) is 0 Å². The van der Waals surface area contributed by atoms with Crippen molar-refractivity contribution in [3.63, 3.8) is 0 Å². The lowest BCUT2D eigenvalue weighted by molar-refractivity contribution is 0.0617. The molecule has 86 valence electrons. The molecule has 0 unspecified atom stereocenters. The highest BCUT2D eigenvalue weighted by molar-refractivity contribution is 5.25. The van der Waals surface area contributed by atoms with Crippen molar-refractivity contribution in [3.8, 4) is 0 Å². The van der Waals surface area contributed by atoms with Crippen LogP contribution >= 0.6 is 0 Å². The summed E-state index contributed by atoms with van der Waals surface area (Å²) in [6, 6.07) is 11.6. The zero-order valence-electron chi connectivity index (χ0n) is 9.91. The molecule has 1 heteroatoms. The molecule has 16 heavy (non-hydrogen) atoms. The maximum absolute atomic E-state index is 3.65. The quantitative estimate of drug-likeness (QED) is 0.753. The van der Waals surface area contributed by atoms with E-state index >= 15 is 0 Å². The molecule has 1 aliphatic carbocycles. The first-order chi connectivity index (χ1) is 7.91. The minimum atomic E-state index is 0.595. The van der Waals surface area contributed by atoms with Crippen LogP contribution in [0.2, 0.25) is 0 Å². The Labute approximate surface area is 98.3 Å². The molecule has 1 aromatic rings. The summed E-state index contributed by atoms with van der Waals surface area (Å²) >= 11 is 0. The fourth-order valence-corrected chi connectivity index (χ4v) is 3.51. The third-order valence-electron chi connectivity index (χ3n) is 4.50. The summed E-state index contributed by atoms with van der Waals surface area (Å²) in [7, 11) is 0. The lowest BCUT2D eigenvalue weighted by Gasteiger charge is -2.51. The van der Waals surface area contributed by atoms with Crippen molar-refractivity contribution in [2.75, 3.05) is 6.54 Å². The van der Waals surface area contributed by atoms with Gasteiger partial charge in [-0.15, -0.1) is 0 Å². The van der Waals surface area contributed by atoms with Gasteiger partial charge < -0.3 is 5.32 Å². The Morgan fingerprint density at radius 2 is 1.62 bits per heavy atom. The molecule has 1 saturated carbocycles. The van der Waals surface area contributed by atoms with Crippen LogP contribution in [-0.2, 0) is 0 Å². The standard InChI is InChI=1S/C15H21N/c1-2-7-11-15(10-6-1)12-16-14(15)13-8-4-3-5-9-13/h3-5,8-9,14,16H,1-2,6-7,10-12H2/t14-/m1/s1. The molecule has 2 aliphatic rings. The highest BCUT2D eigenvalue weighted by Crippen LogP contribution is 2.50. The number of rotatable bonds is 1. The molecule has 0 aromatic heterocycles. The van der Waals surface area contributed by atoms with Gasteiger partial charge in [-0.2, -0.15) is 0 Å². The molecule has 1 aromatic carbocycles. The molecule has 0 bridgehead atoms. The number of benzene rings is 1. The molecule has 1 N–H and O–H groups in total. The normalized spacial score (nSPS) is 28.4. The third kappa shape index (κ3) is 1.67. The van der Waals surface area contributed by atoms with E-state index < -0.39 is 0 Å². The van der Waals surface area contributed by atoms with Crippen LogP contribution in [0.3, 0.4) is 0 Å². The molecule has 1 saturated heterocycles. The number of nitrogens with one attached hydrogen (secondary N) is 1. The Hall–Kier alpha value is -0.820. The minimum absolute atomic E-state index is 0.595. The first-order valence-electron chi connectivity index (χ1n) is 6.69. The molecule has 1 aliphatic heterocycles. The van der Waals surface area contributed by atoms with Crippen molar-refractivity contribution in [1.82, 2.24) is 5.32 Å². The van der Waals surface area contributed by atoms with Crippen LogP contribution < -0.4 is 5.32 Å². The van der Waals surface area contributed by atoms with Crippen LogP contribution in [0.15, 0.2) is 30.3 Å². The zero-order valence-corrected chi connectivity index (χ0v) is 9.91. The van der Waals surface area contributed by atoms with Crippen molar-refractivity contribution in [3.05, 3.63) is 35.9 Å². The van der Waals surface area contributed by atoms with E-state index in [2.05, 4.69) is 35.6 Å². The van der Waals surface area contributed by atoms with E-state index in [1.165, 1.54) is 50.6 Å². The number of hydrogen-bond donors (Lipinski definition) is 1. The molecule has 1 heterocycles. The highest BCUT2D eigenvalue weighted by Gasteiger charge is 2.46. The van der Waals surface area contributed by atoms with Gasteiger partial charge in [-0.3, -0.25) is 0 Å². The van der Waals surface area contributed by atoms with Crippen molar-refractivity contribution in [2.45, 2.75) is 44.6 Å². The fourth-order valence-electron chi connectivity index (χ4n) is 3.51. The second-order valence-corrected chi connectivity index (χ2v) is 5.50. The first-order valence-corrected chi connectivity index (χ1v) is 6.69. The summed E-state index contributed by atoms with van der Waals surface area (Å²) in [5.41, 5.74) is 2.09. The predicted octanol–water partition coefficient (Wildman–Crippen LogP) is 3.67. The molecule has 3 rings (SSSR count). The lowest BCUT2D eigenvalue weighted by atomic mass is 9.66. The third-order valence-corrected chi connectivity index (χ3v) is 4.50. The van der Waals surface area contributed by atoms with Gasteiger partial charge in [0.25, 0.3) is 0 Å². The predicted molar refractivity (Wildman–Crippen MR) is 67.3 cm³/mol. The maximum atomic E-state index is 3.65. The van der Waals surface area contributed by atoms with Gasteiger partial charge in [0.15, 0.2) is 0 Å². The van der Waals surface area contributed by atoms with Crippen LogP contribution in [0.5, 0.6) is 0 Å². The molecule has 2 fully saturated rings. The Bertz CT molecular complexity index is 336. The Balaban J connectivity index is 1.81. The molecule has 1 spiro atoms. The maximum Gasteiger partial charge on any atom is 0.0389 e. The highest BCUT2D eigenvalue weighted by atomic mass is 15.0. The van der Waals surface area contributed by atoms with Crippen LogP contribution in [-0.4, -0.2) is 6.54 Å². The van der Waals surface area contributed by atoms with Crippen LogP contribution in [0.4, 0.5) is 0 Å². The van der Waals surface area contributed by atoms with E-state index in [1.54, 1.807) is 0 Å². The molecule has 0 amide bonds. The topological polar surface area (TPSA) is 12.0 Å². The van der Waals surface area contributed by atoms with E-state index in [0.717, 1.165) is 0 Å². The van der Waals surface area contributed by atoms with E-state index in [1.807, 2.05) is 0 Å². The average molecular weight is 215 g/mol. The van der Waals surface area contributed by atoms with Gasteiger partial charge in [-0.1, -0.05) is 56.0 Å². The smallest absolute Gasteiger partial charge is 0.0389 e. The molecule has 0 radical (unpaired) electrons. The van der Waals surface area contributed by atoms with Crippen LogP contribution in [0, 0.1) is 5.41 Å². The van der Waals surface area contributed by atoms with Gasteiger partial charge in [0.05, 0.1) is 0 Å². The fraction of sp³-hybridized carbons (Fsp3) is 0.600. The average Bonchev–Trinajstić information content (AvgIpc) is 2.56. The molecule has 1 nitrogen and oxygen atoms in total. The second-order valence-electron chi connectivity index (χ2n) is 5.50. The summed E-state index contributed by atoms with van der Waals surface area (Å²) in [4.78, 5) is 0. The summed E-state index contributed by atoms with van der Waals surface area (Å²) < 4.78 is 0. The molecular weight excluding hydrogens is 194 g/mol. The van der Waals surface area contributed by atoms with Gasteiger partial charge in [0.1, 0.15) is 0 Å². The van der Waals surface area contributed by atoms with Gasteiger partial charge in [-0.25, -0.2) is 0 Å². The van der Waals surface area contributed by atoms with Crippen molar-refractivity contribution in [1.29, 1.82) is 0 Å². The second kappa shape index (κ2) is 4.21. The van der Waals surface area contributed by atoms with Gasteiger partial charge in [0.2, 0.25) is 0 Å². The van der Waals surface area contributed by atoms with Gasteiger partial charge in [-0.05, 0) is 18.4 Å². The first kappa shape index (κ1) is 10.3. The van der Waals surface area contributed by atoms with Crippen molar-refractivity contribution in [2.24, 2.45) is 5.41 Å². The van der Waals surface area contributed by atoms with E-state index in [9.17, 15) is 0 Å². The SMILES string of the molecule is c1ccc([C@H]2NCC23CCCCCC3)cc1. The summed E-state index contributed by atoms with van der Waals surface area (Å²) in [6.07, 6.45) is 8.63. The summed E-state index contributed by atoms with van der Waals surface area (Å²) in [5.74, 6) is 0. The van der Waals surface area contributed by atoms with Crippen LogP contribution in [0.25, 0.3) is 0 Å². The Morgan fingerprint density at radius 3 is 2.19 bits per heavy atom. The van der Waals surface area contributed by atoms with Crippen molar-refractivity contribution >= 4 is 0 Å². The molecular formula is C15H21N. The largest absolute Gasteiger partial charge is 0.309 e. The monoisotopic (exact) mass is 215 g/mol. The molecule has 1 atom stereocenters. The Morgan fingerprint density at radius 1 is 0.938 bits per heavy atom. The minimum Gasteiger partial charge on any atom is -0.309 e.